The van der Waals surface area contributed by atoms with Crippen LogP contribution in [0.1, 0.15) is 23.1 Å². The lowest BCUT2D eigenvalue weighted by Crippen LogP contribution is -2.13. The minimum Gasteiger partial charge on any atom is -0.309 e. The second-order valence-electron chi connectivity index (χ2n) is 4.57. The number of fused-ring (bicyclic) bond motifs is 1. The van der Waals surface area contributed by atoms with Crippen molar-refractivity contribution in [3.63, 3.8) is 0 Å². The Morgan fingerprint density at radius 2 is 2.13 bits per heavy atom. The van der Waals surface area contributed by atoms with Crippen LogP contribution in [-0.4, -0.2) is 25.5 Å². The Balaban J connectivity index is 2.00. The third kappa shape index (κ3) is 2.58. The molecule has 0 saturated heterocycles. The third-order valence-electron chi connectivity index (χ3n) is 3.04. The van der Waals surface area contributed by atoms with Gasteiger partial charge in [0, 0.05) is 13.1 Å². The fraction of sp³-hybridized carbons (Fsp3) is 0.538. The first-order valence-electron chi connectivity index (χ1n) is 5.72. The molecular formula is C13H20N2. The Hall–Kier alpha value is -0.860. The largest absolute Gasteiger partial charge is 0.309 e. The van der Waals surface area contributed by atoms with Crippen LogP contribution < -0.4 is 5.32 Å². The average molecular weight is 204 g/mol. The van der Waals surface area contributed by atoms with Gasteiger partial charge in [0.1, 0.15) is 0 Å². The van der Waals surface area contributed by atoms with E-state index in [0.29, 0.717) is 0 Å². The van der Waals surface area contributed by atoms with E-state index in [9.17, 15) is 0 Å². The van der Waals surface area contributed by atoms with Gasteiger partial charge in [-0.1, -0.05) is 18.2 Å². The topological polar surface area (TPSA) is 15.3 Å². The number of hydrogen-bond donors (Lipinski definition) is 1. The van der Waals surface area contributed by atoms with Crippen LogP contribution in [0.4, 0.5) is 0 Å². The molecule has 0 bridgehead atoms. The van der Waals surface area contributed by atoms with Crippen molar-refractivity contribution in [3.05, 3.63) is 34.9 Å². The molecule has 1 heterocycles. The molecule has 0 radical (unpaired) electrons. The van der Waals surface area contributed by atoms with Crippen molar-refractivity contribution < 1.29 is 0 Å². The summed E-state index contributed by atoms with van der Waals surface area (Å²) in [5.74, 6) is 0. The number of nitrogens with zero attached hydrogens (tertiary/aromatic N) is 1. The van der Waals surface area contributed by atoms with E-state index in [1.807, 2.05) is 0 Å². The van der Waals surface area contributed by atoms with Crippen molar-refractivity contribution in [2.45, 2.75) is 25.9 Å². The highest BCUT2D eigenvalue weighted by atomic mass is 15.0. The molecule has 0 amide bonds. The first kappa shape index (κ1) is 10.7. The van der Waals surface area contributed by atoms with Crippen molar-refractivity contribution in [3.8, 4) is 0 Å². The van der Waals surface area contributed by atoms with Gasteiger partial charge in [0.25, 0.3) is 0 Å². The second kappa shape index (κ2) is 4.77. The number of hydrogen-bond acceptors (Lipinski definition) is 2. The van der Waals surface area contributed by atoms with Gasteiger partial charge in [-0.2, -0.15) is 0 Å². The third-order valence-corrected chi connectivity index (χ3v) is 3.04. The minimum atomic E-state index is 1.05. The zero-order valence-corrected chi connectivity index (χ0v) is 9.71. The molecule has 1 N–H and O–H groups in total. The number of benzene rings is 1. The van der Waals surface area contributed by atoms with E-state index in [1.54, 1.807) is 11.1 Å². The van der Waals surface area contributed by atoms with Crippen LogP contribution >= 0.6 is 0 Å². The molecule has 2 heteroatoms. The predicted octanol–water partition coefficient (Wildman–Crippen LogP) is 1.78. The van der Waals surface area contributed by atoms with Crippen molar-refractivity contribution >= 4 is 0 Å². The zero-order chi connectivity index (χ0) is 10.7. The van der Waals surface area contributed by atoms with Gasteiger partial charge in [0.15, 0.2) is 0 Å². The van der Waals surface area contributed by atoms with Crippen molar-refractivity contribution in [2.24, 2.45) is 0 Å². The molecular weight excluding hydrogens is 184 g/mol. The molecule has 1 aliphatic heterocycles. The molecule has 15 heavy (non-hydrogen) atoms. The summed E-state index contributed by atoms with van der Waals surface area (Å²) in [6.45, 7) is 3.29. The number of nitrogens with one attached hydrogen (secondary N) is 1. The zero-order valence-electron chi connectivity index (χ0n) is 9.71. The maximum Gasteiger partial charge on any atom is 0.0214 e. The lowest BCUT2D eigenvalue weighted by atomic mass is 10.00. The summed E-state index contributed by atoms with van der Waals surface area (Å²) >= 11 is 0. The van der Waals surface area contributed by atoms with Crippen LogP contribution in [0.15, 0.2) is 18.2 Å². The monoisotopic (exact) mass is 204 g/mol. The Kier molecular flexibility index (Phi) is 3.39. The van der Waals surface area contributed by atoms with Crippen molar-refractivity contribution in [1.82, 2.24) is 10.2 Å². The molecule has 0 aromatic heterocycles. The normalized spacial score (nSPS) is 14.6. The minimum absolute atomic E-state index is 1.05. The summed E-state index contributed by atoms with van der Waals surface area (Å²) in [4.78, 5) is 2.25. The van der Waals surface area contributed by atoms with Gasteiger partial charge in [0.2, 0.25) is 0 Å². The van der Waals surface area contributed by atoms with E-state index in [-0.39, 0.29) is 0 Å². The Morgan fingerprint density at radius 3 is 2.93 bits per heavy atom. The average Bonchev–Trinajstić information content (AvgIpc) is 2.65. The molecule has 1 aromatic rings. The van der Waals surface area contributed by atoms with Crippen molar-refractivity contribution in [1.29, 1.82) is 0 Å². The molecule has 0 spiro atoms. The van der Waals surface area contributed by atoms with Crippen LogP contribution in [0.2, 0.25) is 0 Å². The first-order valence-corrected chi connectivity index (χ1v) is 5.72. The van der Waals surface area contributed by atoms with Gasteiger partial charge < -0.3 is 10.2 Å². The van der Waals surface area contributed by atoms with Gasteiger partial charge in [0.05, 0.1) is 0 Å². The molecule has 0 unspecified atom stereocenters. The van der Waals surface area contributed by atoms with E-state index in [4.69, 9.17) is 0 Å². The molecule has 2 nitrogen and oxygen atoms in total. The van der Waals surface area contributed by atoms with Gasteiger partial charge in [-0.05, 0) is 50.2 Å². The quantitative estimate of drug-likeness (QED) is 0.804. The molecule has 0 saturated carbocycles. The highest BCUT2D eigenvalue weighted by molar-refractivity contribution is 5.37. The van der Waals surface area contributed by atoms with Gasteiger partial charge in [-0.25, -0.2) is 0 Å². The Labute approximate surface area is 92.3 Å². The van der Waals surface area contributed by atoms with E-state index in [1.165, 1.54) is 24.9 Å². The summed E-state index contributed by atoms with van der Waals surface area (Å²) in [6, 6.07) is 6.71. The van der Waals surface area contributed by atoms with Crippen LogP contribution in [-0.2, 0) is 19.5 Å². The van der Waals surface area contributed by atoms with Crippen LogP contribution in [0, 0.1) is 0 Å². The summed E-state index contributed by atoms with van der Waals surface area (Å²) in [5, 5.41) is 3.42. The maximum atomic E-state index is 3.42. The molecule has 0 atom stereocenters. The van der Waals surface area contributed by atoms with Gasteiger partial charge >= 0.3 is 0 Å². The summed E-state index contributed by atoms with van der Waals surface area (Å²) in [6.07, 6.45) is 2.46. The highest BCUT2D eigenvalue weighted by Crippen LogP contribution is 2.20. The molecule has 0 aliphatic carbocycles. The maximum absolute atomic E-state index is 3.42. The summed E-state index contributed by atoms with van der Waals surface area (Å²) < 4.78 is 0. The van der Waals surface area contributed by atoms with Crippen LogP contribution in [0.5, 0.6) is 0 Å². The second-order valence-corrected chi connectivity index (χ2v) is 4.57. The van der Waals surface area contributed by atoms with Crippen LogP contribution in [0.3, 0.4) is 0 Å². The molecule has 0 fully saturated rings. The molecule has 1 aliphatic rings. The van der Waals surface area contributed by atoms with Gasteiger partial charge in [-0.3, -0.25) is 0 Å². The summed E-state index contributed by atoms with van der Waals surface area (Å²) in [7, 11) is 4.27. The number of aryl methyl sites for hydroxylation is 1. The Bertz CT molecular complexity index is 331. The van der Waals surface area contributed by atoms with E-state index >= 15 is 0 Å². The number of rotatable bonds is 4. The lowest BCUT2D eigenvalue weighted by molar-refractivity contribution is 0.400. The SMILES string of the molecule is CN(C)CCCc1cccc2c1CNC2. The predicted molar refractivity (Wildman–Crippen MR) is 63.9 cm³/mol. The first-order chi connectivity index (χ1) is 7.27. The van der Waals surface area contributed by atoms with E-state index < -0.39 is 0 Å². The fourth-order valence-electron chi connectivity index (χ4n) is 2.22. The van der Waals surface area contributed by atoms with Crippen molar-refractivity contribution in [2.75, 3.05) is 20.6 Å². The highest BCUT2D eigenvalue weighted by Gasteiger charge is 2.12. The Morgan fingerprint density at radius 1 is 1.27 bits per heavy atom. The standard InChI is InChI=1S/C13H20N2/c1-15(2)8-4-7-11-5-3-6-12-9-14-10-13(11)12/h3,5-6,14H,4,7-10H2,1-2H3. The van der Waals surface area contributed by atoms with Crippen LogP contribution in [0.25, 0.3) is 0 Å². The van der Waals surface area contributed by atoms with Gasteiger partial charge in [-0.15, -0.1) is 0 Å². The molecule has 1 aromatic carbocycles. The molecule has 2 rings (SSSR count). The summed E-state index contributed by atoms with van der Waals surface area (Å²) in [5.41, 5.74) is 4.59. The lowest BCUT2D eigenvalue weighted by Gasteiger charge is -2.11. The van der Waals surface area contributed by atoms with E-state index in [0.717, 1.165) is 13.1 Å². The fourth-order valence-corrected chi connectivity index (χ4v) is 2.22. The smallest absolute Gasteiger partial charge is 0.0214 e. The molecule has 82 valence electrons. The van der Waals surface area contributed by atoms with E-state index in [2.05, 4.69) is 42.5 Å².